The lowest BCUT2D eigenvalue weighted by molar-refractivity contribution is 0.306. The van der Waals surface area contributed by atoms with Gasteiger partial charge in [-0.2, -0.15) is 0 Å². The first-order chi connectivity index (χ1) is 10.1. The molecule has 0 aliphatic carbocycles. The van der Waals surface area contributed by atoms with Crippen molar-refractivity contribution < 1.29 is 4.74 Å². The lowest BCUT2D eigenvalue weighted by Gasteiger charge is -2.12. The summed E-state index contributed by atoms with van der Waals surface area (Å²) in [6.45, 7) is 9.54. The molecule has 0 spiro atoms. The molecule has 0 aliphatic rings. The van der Waals surface area contributed by atoms with E-state index in [1.165, 1.54) is 40.7 Å². The number of rotatable bonds is 6. The van der Waals surface area contributed by atoms with Gasteiger partial charge < -0.3 is 4.74 Å². The molecule has 2 aromatic rings. The molecule has 0 saturated carbocycles. The first-order valence-corrected chi connectivity index (χ1v) is 7.93. The van der Waals surface area contributed by atoms with Crippen molar-refractivity contribution in [3.63, 3.8) is 0 Å². The van der Waals surface area contributed by atoms with Crippen LogP contribution in [0.4, 0.5) is 0 Å². The summed E-state index contributed by atoms with van der Waals surface area (Å²) in [5.41, 5.74) is 6.61. The smallest absolute Gasteiger partial charge is 0.119 e. The van der Waals surface area contributed by atoms with Gasteiger partial charge in [-0.1, -0.05) is 49.6 Å². The van der Waals surface area contributed by atoms with Gasteiger partial charge >= 0.3 is 0 Å². The molecule has 112 valence electrons. The van der Waals surface area contributed by atoms with E-state index in [1.807, 2.05) is 0 Å². The molecule has 21 heavy (non-hydrogen) atoms. The molecule has 0 bridgehead atoms. The summed E-state index contributed by atoms with van der Waals surface area (Å²) >= 11 is 0. The molecular weight excluding hydrogens is 256 g/mol. The fourth-order valence-electron chi connectivity index (χ4n) is 2.90. The van der Waals surface area contributed by atoms with Crippen LogP contribution in [0.5, 0.6) is 5.75 Å². The predicted molar refractivity (Wildman–Crippen MR) is 91.1 cm³/mol. The van der Waals surface area contributed by atoms with Crippen molar-refractivity contribution in [2.75, 3.05) is 6.61 Å². The third kappa shape index (κ3) is 4.10. The summed E-state index contributed by atoms with van der Waals surface area (Å²) in [5.74, 6) is 0.970. The molecule has 0 amide bonds. The number of hydrogen-bond acceptors (Lipinski definition) is 1. The topological polar surface area (TPSA) is 9.23 Å². The standard InChI is InChI=1S/C20H26O/c1-5-6-7-12-21-19-10-8-18(9-11-19)20-16(3)13-15(2)14-17(20)4/h8-11,13-14H,5-7,12H2,1-4H3. The van der Waals surface area contributed by atoms with Crippen LogP contribution in [0.3, 0.4) is 0 Å². The van der Waals surface area contributed by atoms with Crippen LogP contribution in [0.1, 0.15) is 42.9 Å². The summed E-state index contributed by atoms with van der Waals surface area (Å²) in [6.07, 6.45) is 3.60. The Morgan fingerprint density at radius 3 is 2.05 bits per heavy atom. The molecule has 0 saturated heterocycles. The minimum atomic E-state index is 0.815. The predicted octanol–water partition coefficient (Wildman–Crippen LogP) is 5.85. The molecule has 0 heterocycles. The fraction of sp³-hybridized carbons (Fsp3) is 0.400. The third-order valence-corrected chi connectivity index (χ3v) is 3.84. The molecule has 0 radical (unpaired) electrons. The Hall–Kier alpha value is -1.76. The van der Waals surface area contributed by atoms with E-state index in [1.54, 1.807) is 0 Å². The molecule has 0 aromatic heterocycles. The molecule has 2 rings (SSSR count). The number of unbranched alkanes of at least 4 members (excludes halogenated alkanes) is 2. The van der Waals surface area contributed by atoms with Gasteiger partial charge in [0.2, 0.25) is 0 Å². The van der Waals surface area contributed by atoms with Crippen LogP contribution in [0.15, 0.2) is 36.4 Å². The molecule has 1 nitrogen and oxygen atoms in total. The van der Waals surface area contributed by atoms with E-state index in [-0.39, 0.29) is 0 Å². The van der Waals surface area contributed by atoms with Gasteiger partial charge in [0.15, 0.2) is 0 Å². The first-order valence-electron chi connectivity index (χ1n) is 7.93. The normalized spacial score (nSPS) is 10.7. The fourth-order valence-corrected chi connectivity index (χ4v) is 2.90. The zero-order valence-corrected chi connectivity index (χ0v) is 13.7. The number of aryl methyl sites for hydroxylation is 3. The summed E-state index contributed by atoms with van der Waals surface area (Å²) < 4.78 is 5.78. The molecule has 0 aliphatic heterocycles. The van der Waals surface area contributed by atoms with Crippen LogP contribution < -0.4 is 4.74 Å². The van der Waals surface area contributed by atoms with E-state index >= 15 is 0 Å². The Morgan fingerprint density at radius 2 is 1.48 bits per heavy atom. The number of ether oxygens (including phenoxy) is 1. The second-order valence-electron chi connectivity index (χ2n) is 5.85. The first kappa shape index (κ1) is 15.6. The maximum Gasteiger partial charge on any atom is 0.119 e. The van der Waals surface area contributed by atoms with Gasteiger partial charge in [-0.3, -0.25) is 0 Å². The summed E-state index contributed by atoms with van der Waals surface area (Å²) in [5, 5.41) is 0. The van der Waals surface area contributed by atoms with Crippen molar-refractivity contribution in [3.05, 3.63) is 53.1 Å². The Kier molecular flexibility index (Phi) is 5.44. The van der Waals surface area contributed by atoms with E-state index in [0.29, 0.717) is 0 Å². The van der Waals surface area contributed by atoms with Crippen LogP contribution in [0, 0.1) is 20.8 Å². The van der Waals surface area contributed by atoms with Crippen LogP contribution in [0.25, 0.3) is 11.1 Å². The average molecular weight is 282 g/mol. The van der Waals surface area contributed by atoms with Crippen molar-refractivity contribution in [2.45, 2.75) is 47.0 Å². The van der Waals surface area contributed by atoms with Gasteiger partial charge in [0, 0.05) is 0 Å². The Morgan fingerprint density at radius 1 is 0.857 bits per heavy atom. The Balaban J connectivity index is 2.12. The van der Waals surface area contributed by atoms with Gasteiger partial charge in [0.05, 0.1) is 6.61 Å². The van der Waals surface area contributed by atoms with Gasteiger partial charge in [0.25, 0.3) is 0 Å². The van der Waals surface area contributed by atoms with E-state index in [4.69, 9.17) is 4.74 Å². The molecule has 1 heteroatoms. The summed E-state index contributed by atoms with van der Waals surface area (Å²) in [7, 11) is 0. The largest absolute Gasteiger partial charge is 0.494 e. The highest BCUT2D eigenvalue weighted by atomic mass is 16.5. The maximum absolute atomic E-state index is 5.78. The molecular formula is C20H26O. The van der Waals surface area contributed by atoms with Crippen molar-refractivity contribution in [3.8, 4) is 16.9 Å². The highest BCUT2D eigenvalue weighted by Crippen LogP contribution is 2.29. The minimum absolute atomic E-state index is 0.815. The second-order valence-corrected chi connectivity index (χ2v) is 5.85. The molecule has 0 fully saturated rings. The molecule has 0 atom stereocenters. The lowest BCUT2D eigenvalue weighted by atomic mass is 9.94. The highest BCUT2D eigenvalue weighted by Gasteiger charge is 2.06. The van der Waals surface area contributed by atoms with Gasteiger partial charge in [0.1, 0.15) is 5.75 Å². The summed E-state index contributed by atoms with van der Waals surface area (Å²) in [6, 6.07) is 13.0. The third-order valence-electron chi connectivity index (χ3n) is 3.84. The monoisotopic (exact) mass is 282 g/mol. The summed E-state index contributed by atoms with van der Waals surface area (Å²) in [4.78, 5) is 0. The zero-order chi connectivity index (χ0) is 15.2. The average Bonchev–Trinajstić information content (AvgIpc) is 2.44. The van der Waals surface area contributed by atoms with Crippen molar-refractivity contribution in [1.29, 1.82) is 0 Å². The Bertz CT molecular complexity index is 558. The van der Waals surface area contributed by atoms with E-state index < -0.39 is 0 Å². The van der Waals surface area contributed by atoms with Crippen molar-refractivity contribution >= 4 is 0 Å². The molecule has 0 unspecified atom stereocenters. The van der Waals surface area contributed by atoms with Gasteiger partial charge in [-0.05, 0) is 61.6 Å². The van der Waals surface area contributed by atoms with Crippen LogP contribution in [-0.2, 0) is 0 Å². The van der Waals surface area contributed by atoms with E-state index in [2.05, 4.69) is 64.1 Å². The maximum atomic E-state index is 5.78. The van der Waals surface area contributed by atoms with E-state index in [9.17, 15) is 0 Å². The quantitative estimate of drug-likeness (QED) is 0.604. The lowest BCUT2D eigenvalue weighted by Crippen LogP contribution is -1.97. The minimum Gasteiger partial charge on any atom is -0.494 e. The Labute approximate surface area is 129 Å². The number of benzene rings is 2. The highest BCUT2D eigenvalue weighted by molar-refractivity contribution is 5.71. The van der Waals surface area contributed by atoms with Crippen LogP contribution in [0.2, 0.25) is 0 Å². The van der Waals surface area contributed by atoms with Crippen molar-refractivity contribution in [1.82, 2.24) is 0 Å². The van der Waals surface area contributed by atoms with Crippen LogP contribution in [-0.4, -0.2) is 6.61 Å². The molecule has 0 N–H and O–H groups in total. The molecule has 2 aromatic carbocycles. The second kappa shape index (κ2) is 7.31. The zero-order valence-electron chi connectivity index (χ0n) is 13.7. The van der Waals surface area contributed by atoms with E-state index in [0.717, 1.165) is 18.8 Å². The number of hydrogen-bond donors (Lipinski definition) is 0. The SMILES string of the molecule is CCCCCOc1ccc(-c2c(C)cc(C)cc2C)cc1. The van der Waals surface area contributed by atoms with Crippen LogP contribution >= 0.6 is 0 Å². The van der Waals surface area contributed by atoms with Gasteiger partial charge in [-0.25, -0.2) is 0 Å². The van der Waals surface area contributed by atoms with Crippen molar-refractivity contribution in [2.24, 2.45) is 0 Å². The van der Waals surface area contributed by atoms with Gasteiger partial charge in [-0.15, -0.1) is 0 Å².